The zero-order valence-corrected chi connectivity index (χ0v) is 18.6. The number of carbonyl (C=O) groups is 1. The molecule has 33 heavy (non-hydrogen) atoms. The van der Waals surface area contributed by atoms with Gasteiger partial charge in [-0.15, -0.1) is 0 Å². The van der Waals surface area contributed by atoms with Gasteiger partial charge in [0, 0.05) is 55.4 Å². The van der Waals surface area contributed by atoms with Gasteiger partial charge in [0.05, 0.1) is 4.92 Å². The molecule has 0 saturated carbocycles. The molecule has 1 aliphatic heterocycles. The molecule has 0 atom stereocenters. The molecule has 0 spiro atoms. The number of nitro groups is 1. The van der Waals surface area contributed by atoms with E-state index in [1.54, 1.807) is 12.1 Å². The lowest BCUT2D eigenvalue weighted by Gasteiger charge is -2.31. The van der Waals surface area contributed by atoms with Crippen LogP contribution in [0.3, 0.4) is 0 Å². The third-order valence-corrected chi connectivity index (χ3v) is 6.32. The summed E-state index contributed by atoms with van der Waals surface area (Å²) in [6, 6.07) is 11.7. The second-order valence-electron chi connectivity index (χ2n) is 7.87. The summed E-state index contributed by atoms with van der Waals surface area (Å²) in [7, 11) is 0. The Morgan fingerprint density at radius 1 is 1.15 bits per heavy atom. The maximum atomic E-state index is 13.1. The van der Waals surface area contributed by atoms with Crippen molar-refractivity contribution in [3.63, 3.8) is 0 Å². The summed E-state index contributed by atoms with van der Waals surface area (Å²) >= 11 is 1.37. The van der Waals surface area contributed by atoms with Crippen LogP contribution in [0.2, 0.25) is 0 Å². The highest BCUT2D eigenvalue weighted by Gasteiger charge is 2.22. The number of piperidine rings is 1. The van der Waals surface area contributed by atoms with Crippen LogP contribution in [0, 0.1) is 21.8 Å². The van der Waals surface area contributed by atoms with E-state index >= 15 is 0 Å². The minimum atomic E-state index is -0.482. The lowest BCUT2D eigenvalue weighted by molar-refractivity contribution is -0.384. The Balaban J connectivity index is 1.20. The number of hydrogen-bond donors (Lipinski definition) is 2. The molecule has 4 rings (SSSR count). The normalized spacial score (nSPS) is 14.2. The van der Waals surface area contributed by atoms with Crippen LogP contribution in [-0.4, -0.2) is 39.9 Å². The number of aromatic nitrogens is 2. The van der Waals surface area contributed by atoms with Gasteiger partial charge in [-0.25, -0.2) is 14.2 Å². The molecule has 1 fully saturated rings. The molecule has 172 valence electrons. The summed E-state index contributed by atoms with van der Waals surface area (Å²) < 4.78 is 17.5. The Hall–Kier alpha value is -3.60. The molecule has 2 N–H and O–H groups in total. The van der Waals surface area contributed by atoms with Gasteiger partial charge >= 0.3 is 6.03 Å². The molecular weight excluding hydrogens is 447 g/mol. The van der Waals surface area contributed by atoms with Crippen LogP contribution < -0.4 is 15.5 Å². The molecule has 0 bridgehead atoms. The number of halogens is 1. The van der Waals surface area contributed by atoms with Gasteiger partial charge in [-0.1, -0.05) is 12.1 Å². The van der Waals surface area contributed by atoms with Gasteiger partial charge < -0.3 is 15.5 Å². The van der Waals surface area contributed by atoms with Crippen LogP contribution in [0.25, 0.3) is 0 Å². The van der Waals surface area contributed by atoms with Gasteiger partial charge in [0.25, 0.3) is 5.69 Å². The topological polar surface area (TPSA) is 113 Å². The van der Waals surface area contributed by atoms with Crippen LogP contribution in [0.5, 0.6) is 0 Å². The van der Waals surface area contributed by atoms with E-state index in [1.807, 2.05) is 0 Å². The third kappa shape index (κ3) is 6.22. The van der Waals surface area contributed by atoms with Gasteiger partial charge in [0.15, 0.2) is 0 Å². The first-order valence-electron chi connectivity index (χ1n) is 10.6. The fourth-order valence-corrected chi connectivity index (χ4v) is 4.37. The monoisotopic (exact) mass is 470 g/mol. The molecular formula is C22H23FN6O3S. The summed E-state index contributed by atoms with van der Waals surface area (Å²) in [5.41, 5.74) is 1.45. The maximum absolute atomic E-state index is 13.1. The van der Waals surface area contributed by atoms with Crippen LogP contribution in [0.15, 0.2) is 48.5 Å². The predicted molar refractivity (Wildman–Crippen MR) is 124 cm³/mol. The first-order valence-corrected chi connectivity index (χ1v) is 11.3. The molecule has 3 aromatic rings. The number of nitro benzene ring substituents is 1. The Labute approximate surface area is 194 Å². The van der Waals surface area contributed by atoms with E-state index < -0.39 is 4.92 Å². The largest absolute Gasteiger partial charge is 0.347 e. The number of hydrogen-bond acceptors (Lipinski definition) is 7. The highest BCUT2D eigenvalue weighted by Crippen LogP contribution is 2.25. The van der Waals surface area contributed by atoms with Crippen molar-refractivity contribution in [3.05, 3.63) is 75.9 Å². The highest BCUT2D eigenvalue weighted by molar-refractivity contribution is 7.09. The summed E-state index contributed by atoms with van der Waals surface area (Å²) in [4.78, 5) is 29.2. The molecule has 1 aliphatic rings. The van der Waals surface area contributed by atoms with Crippen LogP contribution in [0.4, 0.5) is 25.7 Å². The van der Waals surface area contributed by atoms with Crippen molar-refractivity contribution in [2.24, 2.45) is 5.92 Å². The smallest absolute Gasteiger partial charge is 0.319 e. The van der Waals surface area contributed by atoms with Crippen LogP contribution >= 0.6 is 11.5 Å². The van der Waals surface area contributed by atoms with Crippen molar-refractivity contribution in [2.75, 3.05) is 29.9 Å². The summed E-state index contributed by atoms with van der Waals surface area (Å²) in [5.74, 6) is 0.829. The lowest BCUT2D eigenvalue weighted by Crippen LogP contribution is -2.39. The fraction of sp³-hybridized carbons (Fsp3) is 0.318. The van der Waals surface area contributed by atoms with Crippen LogP contribution in [0.1, 0.15) is 24.2 Å². The zero-order chi connectivity index (χ0) is 23.2. The molecule has 11 heteroatoms. The number of benzene rings is 2. The van der Waals surface area contributed by atoms with Crippen molar-refractivity contribution in [1.29, 1.82) is 0 Å². The molecule has 0 radical (unpaired) electrons. The number of amides is 2. The molecule has 0 unspecified atom stereocenters. The number of rotatable bonds is 7. The van der Waals surface area contributed by atoms with Gasteiger partial charge in [0.1, 0.15) is 11.6 Å². The third-order valence-electron chi connectivity index (χ3n) is 5.51. The van der Waals surface area contributed by atoms with Crippen molar-refractivity contribution in [2.45, 2.75) is 19.3 Å². The van der Waals surface area contributed by atoms with Gasteiger partial charge in [-0.3, -0.25) is 10.1 Å². The zero-order valence-electron chi connectivity index (χ0n) is 17.7. The molecule has 9 nitrogen and oxygen atoms in total. The number of anilines is 2. The van der Waals surface area contributed by atoms with E-state index in [0.717, 1.165) is 42.5 Å². The van der Waals surface area contributed by atoms with E-state index in [2.05, 4.69) is 24.9 Å². The second-order valence-corrected chi connectivity index (χ2v) is 8.60. The first kappa shape index (κ1) is 22.6. The second kappa shape index (κ2) is 10.3. The number of non-ortho nitro benzene ring substituents is 1. The Morgan fingerprint density at radius 3 is 2.52 bits per heavy atom. The summed E-state index contributed by atoms with van der Waals surface area (Å²) in [5, 5.41) is 17.1. The average Bonchev–Trinajstić information content (AvgIpc) is 3.28. The predicted octanol–water partition coefficient (Wildman–Crippen LogP) is 4.21. The highest BCUT2D eigenvalue weighted by atomic mass is 32.1. The first-order chi connectivity index (χ1) is 16.0. The van der Waals surface area contributed by atoms with Crippen molar-refractivity contribution >= 4 is 34.1 Å². The van der Waals surface area contributed by atoms with E-state index in [1.165, 1.54) is 47.9 Å². The van der Waals surface area contributed by atoms with Gasteiger partial charge in [0.2, 0.25) is 5.13 Å². The van der Waals surface area contributed by atoms with Crippen molar-refractivity contribution < 1.29 is 14.1 Å². The summed E-state index contributed by atoms with van der Waals surface area (Å²) in [6.07, 6.45) is 2.41. The molecule has 2 aromatic carbocycles. The maximum Gasteiger partial charge on any atom is 0.319 e. The minimum absolute atomic E-state index is 0.0225. The average molecular weight is 471 g/mol. The minimum Gasteiger partial charge on any atom is -0.347 e. The number of urea groups is 1. The molecule has 2 amide bonds. The summed E-state index contributed by atoms with van der Waals surface area (Å²) in [6.45, 7) is 2.22. The van der Waals surface area contributed by atoms with Gasteiger partial charge in [-0.05, 0) is 48.6 Å². The van der Waals surface area contributed by atoms with E-state index in [-0.39, 0.29) is 17.5 Å². The van der Waals surface area contributed by atoms with E-state index in [0.29, 0.717) is 24.6 Å². The molecule has 1 aromatic heterocycles. The molecule has 0 aliphatic carbocycles. The number of nitrogens with one attached hydrogen (secondary N) is 2. The standard InChI is InChI=1S/C22H23FN6O3S/c23-17-3-1-15(2-4-17)13-20-26-22(33-27-20)28-11-9-16(10-12-28)14-24-21(30)25-18-5-7-19(8-6-18)29(31)32/h1-8,16H,9-14H2,(H2,24,25,30). The fourth-order valence-electron chi connectivity index (χ4n) is 3.64. The van der Waals surface area contributed by atoms with Crippen molar-refractivity contribution in [3.8, 4) is 0 Å². The quantitative estimate of drug-likeness (QED) is 0.395. The number of nitrogens with zero attached hydrogens (tertiary/aromatic N) is 4. The van der Waals surface area contributed by atoms with Crippen molar-refractivity contribution in [1.82, 2.24) is 14.7 Å². The SMILES string of the molecule is O=C(NCC1CCN(c2nc(Cc3ccc(F)cc3)ns2)CC1)Nc1ccc([N+](=O)[O-])cc1. The van der Waals surface area contributed by atoms with E-state index in [9.17, 15) is 19.3 Å². The molecule has 2 heterocycles. The van der Waals surface area contributed by atoms with Crippen LogP contribution in [-0.2, 0) is 6.42 Å². The van der Waals surface area contributed by atoms with E-state index in [4.69, 9.17) is 0 Å². The Morgan fingerprint density at radius 2 is 1.85 bits per heavy atom. The lowest BCUT2D eigenvalue weighted by atomic mass is 9.97. The Bertz CT molecular complexity index is 1100. The molecule has 1 saturated heterocycles. The number of carbonyl (C=O) groups excluding carboxylic acids is 1. The Kier molecular flexibility index (Phi) is 7.08. The van der Waals surface area contributed by atoms with Gasteiger partial charge in [-0.2, -0.15) is 4.37 Å².